The van der Waals surface area contributed by atoms with Crippen molar-refractivity contribution in [2.75, 3.05) is 7.05 Å². The molecule has 0 spiro atoms. The number of hydrogen-bond donors (Lipinski definition) is 0. The van der Waals surface area contributed by atoms with Gasteiger partial charge in [0.2, 0.25) is 0 Å². The second kappa shape index (κ2) is 7.74. The van der Waals surface area contributed by atoms with E-state index >= 15 is 0 Å². The van der Waals surface area contributed by atoms with Gasteiger partial charge in [-0.25, -0.2) is 9.50 Å². The van der Waals surface area contributed by atoms with Crippen LogP contribution in [0.15, 0.2) is 30.7 Å². The minimum atomic E-state index is -0.156. The van der Waals surface area contributed by atoms with Crippen molar-refractivity contribution in [3.05, 3.63) is 53.4 Å². The topological polar surface area (TPSA) is 86.1 Å². The molecule has 156 valence electrons. The van der Waals surface area contributed by atoms with Crippen LogP contribution in [-0.2, 0) is 19.6 Å². The molecule has 0 N–H and O–H groups in total. The third-order valence-electron chi connectivity index (χ3n) is 5.38. The van der Waals surface area contributed by atoms with Crippen molar-refractivity contribution in [1.29, 1.82) is 0 Å². The number of carbonyl (C=O) groups is 1. The van der Waals surface area contributed by atoms with E-state index in [1.54, 1.807) is 28.7 Å². The molecule has 30 heavy (non-hydrogen) atoms. The van der Waals surface area contributed by atoms with Crippen LogP contribution >= 0.6 is 0 Å². The Hall–Kier alpha value is -3.49. The number of aromatic nitrogens is 7. The monoisotopic (exact) mass is 406 g/mol. The van der Waals surface area contributed by atoms with E-state index in [0.717, 1.165) is 41.3 Å². The SMILES string of the molecule is CCn1cc(CN(C)C(=O)c2cc3nccc(-c4cnn(CC)c4C)n3n2)c(C)n1. The van der Waals surface area contributed by atoms with E-state index in [-0.39, 0.29) is 5.91 Å². The van der Waals surface area contributed by atoms with Gasteiger partial charge in [-0.3, -0.25) is 14.2 Å². The normalized spacial score (nSPS) is 11.4. The summed E-state index contributed by atoms with van der Waals surface area (Å²) >= 11 is 0. The van der Waals surface area contributed by atoms with Crippen LogP contribution in [0.1, 0.15) is 41.3 Å². The second-order valence-corrected chi connectivity index (χ2v) is 7.35. The van der Waals surface area contributed by atoms with Gasteiger partial charge in [0.05, 0.1) is 17.6 Å². The van der Waals surface area contributed by atoms with Gasteiger partial charge in [0, 0.05) is 62.0 Å². The fourth-order valence-corrected chi connectivity index (χ4v) is 3.62. The van der Waals surface area contributed by atoms with Crippen molar-refractivity contribution >= 4 is 11.6 Å². The van der Waals surface area contributed by atoms with Crippen LogP contribution in [0.3, 0.4) is 0 Å². The van der Waals surface area contributed by atoms with E-state index in [1.807, 2.05) is 48.6 Å². The largest absolute Gasteiger partial charge is 0.336 e. The van der Waals surface area contributed by atoms with E-state index in [4.69, 9.17) is 0 Å². The summed E-state index contributed by atoms with van der Waals surface area (Å²) < 4.78 is 5.53. The van der Waals surface area contributed by atoms with E-state index in [0.29, 0.717) is 17.9 Å². The Bertz CT molecular complexity index is 1220. The third kappa shape index (κ3) is 3.36. The summed E-state index contributed by atoms with van der Waals surface area (Å²) in [6, 6.07) is 3.62. The number of hydrogen-bond acceptors (Lipinski definition) is 5. The van der Waals surface area contributed by atoms with Crippen molar-refractivity contribution in [1.82, 2.24) is 39.1 Å². The van der Waals surface area contributed by atoms with E-state index < -0.39 is 0 Å². The smallest absolute Gasteiger partial charge is 0.274 e. The van der Waals surface area contributed by atoms with Gasteiger partial charge < -0.3 is 4.90 Å². The predicted octanol–water partition coefficient (Wildman–Crippen LogP) is 2.72. The van der Waals surface area contributed by atoms with Gasteiger partial charge in [0.1, 0.15) is 0 Å². The van der Waals surface area contributed by atoms with Gasteiger partial charge in [-0.1, -0.05) is 0 Å². The van der Waals surface area contributed by atoms with Crippen LogP contribution in [0, 0.1) is 13.8 Å². The van der Waals surface area contributed by atoms with E-state index in [1.165, 1.54) is 0 Å². The minimum absolute atomic E-state index is 0.156. The molecule has 4 aromatic rings. The number of amides is 1. The zero-order valence-electron chi connectivity index (χ0n) is 18.0. The number of rotatable bonds is 6. The highest BCUT2D eigenvalue weighted by molar-refractivity contribution is 5.93. The molecule has 0 aromatic carbocycles. The third-order valence-corrected chi connectivity index (χ3v) is 5.38. The highest BCUT2D eigenvalue weighted by Gasteiger charge is 2.20. The lowest BCUT2D eigenvalue weighted by atomic mass is 10.2. The Morgan fingerprint density at radius 3 is 2.63 bits per heavy atom. The summed E-state index contributed by atoms with van der Waals surface area (Å²) in [4.78, 5) is 19.1. The first-order valence-electron chi connectivity index (χ1n) is 10.1. The average Bonchev–Trinajstić information content (AvgIpc) is 3.43. The number of aryl methyl sites for hydroxylation is 3. The zero-order valence-corrected chi connectivity index (χ0v) is 18.0. The minimum Gasteiger partial charge on any atom is -0.336 e. The quantitative estimate of drug-likeness (QED) is 0.491. The van der Waals surface area contributed by atoms with Crippen LogP contribution in [-0.4, -0.2) is 52.0 Å². The van der Waals surface area contributed by atoms with Crippen molar-refractivity contribution in [3.63, 3.8) is 0 Å². The first-order chi connectivity index (χ1) is 14.4. The maximum Gasteiger partial charge on any atom is 0.274 e. The van der Waals surface area contributed by atoms with Crippen molar-refractivity contribution < 1.29 is 4.79 Å². The van der Waals surface area contributed by atoms with Gasteiger partial charge in [0.15, 0.2) is 11.3 Å². The van der Waals surface area contributed by atoms with Crippen molar-refractivity contribution in [3.8, 4) is 11.3 Å². The van der Waals surface area contributed by atoms with Crippen molar-refractivity contribution in [2.24, 2.45) is 0 Å². The molecular formula is C21H26N8O. The van der Waals surface area contributed by atoms with E-state index in [9.17, 15) is 4.79 Å². The number of fused-ring (bicyclic) bond motifs is 1. The molecule has 0 unspecified atom stereocenters. The Labute approximate surface area is 174 Å². The molecule has 0 radical (unpaired) electrons. The molecule has 0 fully saturated rings. The lowest BCUT2D eigenvalue weighted by Gasteiger charge is -2.15. The molecule has 0 saturated carbocycles. The fraction of sp³-hybridized carbons (Fsp3) is 0.381. The van der Waals surface area contributed by atoms with Crippen LogP contribution in [0.5, 0.6) is 0 Å². The van der Waals surface area contributed by atoms with Gasteiger partial charge in [-0.2, -0.15) is 15.3 Å². The standard InChI is InChI=1S/C21H26N8O/c1-6-27-13-16(14(3)24-27)12-26(5)21(30)18-10-20-22-9-8-19(29(20)25-18)17-11-23-28(7-2)15(17)4/h8-11,13H,6-7,12H2,1-5H3. The van der Waals surface area contributed by atoms with Crippen LogP contribution in [0.2, 0.25) is 0 Å². The Kier molecular flexibility index (Phi) is 5.11. The summed E-state index contributed by atoms with van der Waals surface area (Å²) in [5, 5.41) is 13.5. The van der Waals surface area contributed by atoms with Crippen LogP contribution in [0.25, 0.3) is 16.9 Å². The number of nitrogens with zero attached hydrogens (tertiary/aromatic N) is 8. The summed E-state index contributed by atoms with van der Waals surface area (Å²) in [7, 11) is 1.78. The van der Waals surface area contributed by atoms with Gasteiger partial charge >= 0.3 is 0 Å². The van der Waals surface area contributed by atoms with Crippen molar-refractivity contribution in [2.45, 2.75) is 47.3 Å². The number of carbonyl (C=O) groups excluding carboxylic acids is 1. The van der Waals surface area contributed by atoms with Crippen LogP contribution < -0.4 is 0 Å². The fourth-order valence-electron chi connectivity index (χ4n) is 3.62. The highest BCUT2D eigenvalue weighted by Crippen LogP contribution is 2.24. The summed E-state index contributed by atoms with van der Waals surface area (Å²) in [6.45, 7) is 10.1. The molecule has 4 aromatic heterocycles. The molecule has 9 nitrogen and oxygen atoms in total. The molecule has 0 aliphatic rings. The zero-order chi connectivity index (χ0) is 21.4. The maximum atomic E-state index is 13.1. The first-order valence-corrected chi connectivity index (χ1v) is 10.1. The molecule has 0 bridgehead atoms. The lowest BCUT2D eigenvalue weighted by Crippen LogP contribution is -2.26. The first kappa shape index (κ1) is 19.8. The Morgan fingerprint density at radius 2 is 1.97 bits per heavy atom. The van der Waals surface area contributed by atoms with Gasteiger partial charge in [-0.15, -0.1) is 0 Å². The molecule has 1 amide bonds. The van der Waals surface area contributed by atoms with Crippen LogP contribution in [0.4, 0.5) is 0 Å². The Morgan fingerprint density at radius 1 is 1.17 bits per heavy atom. The van der Waals surface area contributed by atoms with Gasteiger partial charge in [-0.05, 0) is 33.8 Å². The molecule has 4 heterocycles. The maximum absolute atomic E-state index is 13.1. The molecule has 0 saturated heterocycles. The molecule has 0 aliphatic heterocycles. The lowest BCUT2D eigenvalue weighted by molar-refractivity contribution is 0.0779. The second-order valence-electron chi connectivity index (χ2n) is 7.35. The molecule has 9 heteroatoms. The summed E-state index contributed by atoms with van der Waals surface area (Å²) in [6.07, 6.45) is 5.54. The molecule has 0 aliphatic carbocycles. The molecule has 0 atom stereocenters. The highest BCUT2D eigenvalue weighted by atomic mass is 16.2. The van der Waals surface area contributed by atoms with Gasteiger partial charge in [0.25, 0.3) is 5.91 Å². The Balaban J connectivity index is 1.65. The summed E-state index contributed by atoms with van der Waals surface area (Å²) in [5.41, 5.74) is 5.83. The molecular weight excluding hydrogens is 380 g/mol. The molecule has 4 rings (SSSR count). The average molecular weight is 406 g/mol. The predicted molar refractivity (Wildman–Crippen MR) is 113 cm³/mol. The summed E-state index contributed by atoms with van der Waals surface area (Å²) in [5.74, 6) is -0.156. The van der Waals surface area contributed by atoms with E-state index in [2.05, 4.69) is 27.2 Å².